The normalized spacial score (nSPS) is 19.6. The van der Waals surface area contributed by atoms with Crippen LogP contribution in [0.2, 0.25) is 0 Å². The Morgan fingerprint density at radius 2 is 1.72 bits per heavy atom. The number of aromatic nitrogens is 3. The topological polar surface area (TPSA) is 147 Å². The van der Waals surface area contributed by atoms with Gasteiger partial charge in [-0.25, -0.2) is 4.79 Å². The first-order chi connectivity index (χ1) is 24.6. The smallest absolute Gasteiger partial charge is 0.318 e. The third-order valence-corrected chi connectivity index (χ3v) is 11.4. The number of hydrogen-bond donors (Lipinski definition) is 4. The number of nitrogens with zero attached hydrogens (tertiary/aromatic N) is 4. The summed E-state index contributed by atoms with van der Waals surface area (Å²) in [5.74, 6) is -0.0255. The maximum Gasteiger partial charge on any atom is 0.318 e. The maximum absolute atomic E-state index is 14.4. The Labute approximate surface area is 293 Å². The zero-order valence-corrected chi connectivity index (χ0v) is 29.0. The van der Waals surface area contributed by atoms with Crippen LogP contribution in [0.3, 0.4) is 0 Å². The average Bonchev–Trinajstić information content (AvgIpc) is 3.79. The summed E-state index contributed by atoms with van der Waals surface area (Å²) in [5, 5.41) is 15.2. The molecule has 264 valence electrons. The van der Waals surface area contributed by atoms with Gasteiger partial charge in [-0.05, 0) is 99.0 Å². The zero-order chi connectivity index (χ0) is 35.7. The summed E-state index contributed by atoms with van der Waals surface area (Å²) in [4.78, 5) is 62.6. The van der Waals surface area contributed by atoms with Crippen molar-refractivity contribution < 1.29 is 15.8 Å². The summed E-state index contributed by atoms with van der Waals surface area (Å²) in [6.45, 7) is 7.27. The van der Waals surface area contributed by atoms with Gasteiger partial charge in [0, 0.05) is 63.5 Å². The lowest BCUT2D eigenvalue weighted by atomic mass is 9.77. The number of carbonyl (C=O) groups is 3. The van der Waals surface area contributed by atoms with Crippen LogP contribution in [0.5, 0.6) is 0 Å². The molecule has 3 fully saturated rings. The molecule has 3 saturated heterocycles. The van der Waals surface area contributed by atoms with Gasteiger partial charge < -0.3 is 30.3 Å². The van der Waals surface area contributed by atoms with E-state index in [9.17, 15) is 19.2 Å². The van der Waals surface area contributed by atoms with Crippen LogP contribution in [0.1, 0.15) is 63.0 Å². The molecule has 0 saturated carbocycles. The highest BCUT2D eigenvalue weighted by atomic mass is 16.2. The minimum absolute atomic E-state index is 0.000307. The molecule has 7 rings (SSSR count). The predicted octanol–water partition coefficient (Wildman–Crippen LogP) is 3.66. The van der Waals surface area contributed by atoms with E-state index >= 15 is 0 Å². The van der Waals surface area contributed by atoms with Gasteiger partial charge >= 0.3 is 6.03 Å². The van der Waals surface area contributed by atoms with Crippen LogP contribution in [0.15, 0.2) is 53.5 Å². The molecular formula is C38H48N8O4. The minimum atomic E-state index is -0.754. The number of para-hydroxylation sites is 1. The van der Waals surface area contributed by atoms with E-state index < -0.39 is 6.04 Å². The molecule has 3 aliphatic rings. The van der Waals surface area contributed by atoms with Gasteiger partial charge in [0.1, 0.15) is 6.04 Å². The minimum Gasteiger partial charge on any atom is -0.341 e. The van der Waals surface area contributed by atoms with E-state index in [-0.39, 0.29) is 47.8 Å². The van der Waals surface area contributed by atoms with Crippen molar-refractivity contribution in [3.05, 3.63) is 75.7 Å². The number of aryl methyl sites for hydroxylation is 1. The van der Waals surface area contributed by atoms with Crippen LogP contribution in [0.4, 0.5) is 4.79 Å². The number of hydrogen-bond acceptors (Lipinski definition) is 6. The molecule has 0 radical (unpaired) electrons. The third kappa shape index (κ3) is 6.73. The first-order valence-corrected chi connectivity index (χ1v) is 17.8. The molecule has 5 heterocycles. The SMILES string of the molecule is [2H]CN[C@@H](C)C(=O)N1CCC2(CC1)CCN(C(=O)[C@H](Cc1cc(C)c3[nH]ncc3c1)NC(=O)N1CCC(c3cc4ccccc4[nH]c3=O)CC1)C2. The summed E-state index contributed by atoms with van der Waals surface area (Å²) < 4.78 is 7.38. The van der Waals surface area contributed by atoms with E-state index in [1.165, 1.54) is 0 Å². The van der Waals surface area contributed by atoms with Crippen LogP contribution in [-0.2, 0) is 16.0 Å². The molecule has 1 spiro atoms. The Bertz CT molecular complexity index is 1980. The van der Waals surface area contributed by atoms with Crippen LogP contribution in [-0.4, -0.2) is 106 Å². The lowest BCUT2D eigenvalue weighted by molar-refractivity contribution is -0.136. The largest absolute Gasteiger partial charge is 0.341 e. The molecule has 12 nitrogen and oxygen atoms in total. The molecule has 2 aromatic heterocycles. The van der Waals surface area contributed by atoms with Gasteiger partial charge in [0.25, 0.3) is 5.56 Å². The summed E-state index contributed by atoms with van der Waals surface area (Å²) in [6, 6.07) is 12.4. The second-order valence-electron chi connectivity index (χ2n) is 14.6. The number of rotatable bonds is 7. The number of carbonyl (C=O) groups excluding carboxylic acids is 3. The van der Waals surface area contributed by atoms with Gasteiger partial charge in [-0.3, -0.25) is 19.5 Å². The summed E-state index contributed by atoms with van der Waals surface area (Å²) >= 11 is 0. The quantitative estimate of drug-likeness (QED) is 0.234. The Morgan fingerprint density at radius 3 is 2.48 bits per heavy atom. The Hall–Kier alpha value is -4.71. The fourth-order valence-corrected chi connectivity index (χ4v) is 8.28. The Morgan fingerprint density at radius 1 is 0.980 bits per heavy atom. The number of H-pyrrole nitrogens is 2. The molecule has 2 atom stereocenters. The standard InChI is InChI=1S/C38H48N8O4/c1-24-18-26(19-29-22-40-43-33(24)29)20-32(36(49)46-17-12-38(23-46)10-15-44(16-11-38)35(48)25(2)39-3)42-37(50)45-13-8-27(9-14-45)30-21-28-6-4-5-7-31(28)41-34(30)47/h4-7,18-19,21-22,25,27,32,39H,8-17,20,23H2,1-3H3,(H,40,43)(H,41,47)(H,42,50)/t25-,32-/m0/s1/i3D. The van der Waals surface area contributed by atoms with E-state index in [1.807, 2.05) is 59.2 Å². The second kappa shape index (κ2) is 13.9. The van der Waals surface area contributed by atoms with Crippen LogP contribution >= 0.6 is 0 Å². The first-order valence-electron chi connectivity index (χ1n) is 18.5. The van der Waals surface area contributed by atoms with Gasteiger partial charge in [0.15, 0.2) is 0 Å². The lowest BCUT2D eigenvalue weighted by Gasteiger charge is -2.40. The number of benzene rings is 2. The molecule has 0 unspecified atom stereocenters. The van der Waals surface area contributed by atoms with Crippen LogP contribution < -0.4 is 16.2 Å². The average molecular weight is 682 g/mol. The summed E-state index contributed by atoms with van der Waals surface area (Å²) in [6.07, 6.45) is 5.95. The third-order valence-electron chi connectivity index (χ3n) is 11.4. The van der Waals surface area contributed by atoms with Crippen molar-refractivity contribution in [1.29, 1.82) is 0 Å². The van der Waals surface area contributed by atoms with Crippen molar-refractivity contribution in [2.45, 2.75) is 70.4 Å². The zero-order valence-electron chi connectivity index (χ0n) is 30.0. The number of piperidine rings is 2. The predicted molar refractivity (Wildman–Crippen MR) is 193 cm³/mol. The molecule has 50 heavy (non-hydrogen) atoms. The van der Waals surface area contributed by atoms with Gasteiger partial charge in [-0.1, -0.05) is 24.3 Å². The second-order valence-corrected chi connectivity index (χ2v) is 14.6. The van der Waals surface area contributed by atoms with Crippen molar-refractivity contribution in [3.8, 4) is 0 Å². The molecule has 0 aliphatic carbocycles. The maximum atomic E-state index is 14.4. The van der Waals surface area contributed by atoms with Crippen molar-refractivity contribution in [3.63, 3.8) is 0 Å². The first kappa shape index (κ1) is 32.5. The van der Waals surface area contributed by atoms with Crippen LogP contribution in [0.25, 0.3) is 21.8 Å². The number of urea groups is 1. The molecule has 4 N–H and O–H groups in total. The Kier molecular flexibility index (Phi) is 9.03. The number of nitrogens with one attached hydrogen (secondary N) is 4. The number of fused-ring (bicyclic) bond motifs is 2. The number of likely N-dealkylation sites (N-methyl/N-ethyl adjacent to an activating group) is 1. The molecule has 3 aliphatic heterocycles. The Balaban J connectivity index is 1.03. The highest BCUT2D eigenvalue weighted by Gasteiger charge is 2.44. The molecular weight excluding hydrogens is 632 g/mol. The van der Waals surface area contributed by atoms with E-state index in [4.69, 9.17) is 1.37 Å². The molecule has 12 heteroatoms. The van der Waals surface area contributed by atoms with E-state index in [0.717, 1.165) is 57.8 Å². The van der Waals surface area contributed by atoms with Gasteiger partial charge in [0.2, 0.25) is 11.8 Å². The van der Waals surface area contributed by atoms with E-state index in [1.54, 1.807) is 18.0 Å². The fourth-order valence-electron chi connectivity index (χ4n) is 8.28. The summed E-state index contributed by atoms with van der Waals surface area (Å²) in [5.41, 5.74) is 4.36. The number of amides is 4. The van der Waals surface area contributed by atoms with E-state index in [2.05, 4.69) is 25.8 Å². The van der Waals surface area contributed by atoms with Gasteiger partial charge in [0.05, 0.1) is 17.8 Å². The highest BCUT2D eigenvalue weighted by Crippen LogP contribution is 2.41. The monoisotopic (exact) mass is 681 g/mol. The fraction of sp³-hybridized carbons (Fsp3) is 0.500. The summed E-state index contributed by atoms with van der Waals surface area (Å²) in [7, 11) is -0.000307. The highest BCUT2D eigenvalue weighted by molar-refractivity contribution is 5.88. The van der Waals surface area contributed by atoms with Gasteiger partial charge in [-0.2, -0.15) is 5.10 Å². The van der Waals surface area contributed by atoms with Gasteiger partial charge in [-0.15, -0.1) is 0 Å². The van der Waals surface area contributed by atoms with Crippen molar-refractivity contribution in [1.82, 2.24) is 40.5 Å². The number of pyridine rings is 1. The number of aromatic amines is 2. The molecule has 4 aromatic rings. The number of likely N-dealkylation sites (tertiary alicyclic amines) is 3. The van der Waals surface area contributed by atoms with Crippen molar-refractivity contribution >= 4 is 39.7 Å². The van der Waals surface area contributed by atoms with Crippen LogP contribution in [0, 0.1) is 12.3 Å². The van der Waals surface area contributed by atoms with E-state index in [0.29, 0.717) is 58.5 Å². The molecule has 0 bridgehead atoms. The lowest BCUT2D eigenvalue weighted by Crippen LogP contribution is -2.54. The molecule has 4 amide bonds. The van der Waals surface area contributed by atoms with Crippen molar-refractivity contribution in [2.24, 2.45) is 5.41 Å². The van der Waals surface area contributed by atoms with Crippen molar-refractivity contribution in [2.75, 3.05) is 46.3 Å². The molecule has 2 aromatic carbocycles.